The second-order valence-corrected chi connectivity index (χ2v) is 3.00. The lowest BCUT2D eigenvalue weighted by atomic mass is 10.2. The molecule has 1 heterocycles. The lowest BCUT2D eigenvalue weighted by Gasteiger charge is -2.14. The van der Waals surface area contributed by atoms with Crippen molar-refractivity contribution in [3.63, 3.8) is 0 Å². The van der Waals surface area contributed by atoms with E-state index in [9.17, 15) is 4.79 Å². The highest BCUT2D eigenvalue weighted by atomic mass is 16.1. The molecule has 1 saturated heterocycles. The summed E-state index contributed by atoms with van der Waals surface area (Å²) < 4.78 is 0. The summed E-state index contributed by atoms with van der Waals surface area (Å²) in [7, 11) is 0. The molecule has 1 amide bonds. The Labute approximate surface area is 72.9 Å². The molecule has 66 valence electrons. The van der Waals surface area contributed by atoms with Crippen LogP contribution in [-0.2, 0) is 4.79 Å². The standard InChI is InChI=1S/C9H14N2O/c1-3-7(4-2)11-8-5-9(12)10-6-8/h1,7-8,11H,4-6H2,2H3,(H,10,12). The molecule has 2 atom stereocenters. The fourth-order valence-corrected chi connectivity index (χ4v) is 1.29. The van der Waals surface area contributed by atoms with Crippen molar-refractivity contribution in [2.24, 2.45) is 0 Å². The maximum atomic E-state index is 10.8. The summed E-state index contributed by atoms with van der Waals surface area (Å²) in [5.74, 6) is 2.75. The predicted octanol–water partition coefficient (Wildman–Crippen LogP) is -0.124. The molecule has 0 aromatic heterocycles. The number of carbonyl (C=O) groups excluding carboxylic acids is 1. The van der Waals surface area contributed by atoms with E-state index in [0.717, 1.165) is 6.42 Å². The lowest BCUT2D eigenvalue weighted by Crippen LogP contribution is -2.38. The van der Waals surface area contributed by atoms with Crippen LogP contribution in [0.4, 0.5) is 0 Å². The Morgan fingerprint density at radius 2 is 2.67 bits per heavy atom. The molecular weight excluding hydrogens is 152 g/mol. The number of hydrogen-bond donors (Lipinski definition) is 2. The minimum absolute atomic E-state index is 0.0997. The van der Waals surface area contributed by atoms with Crippen molar-refractivity contribution in [1.29, 1.82) is 0 Å². The zero-order valence-electron chi connectivity index (χ0n) is 7.26. The Morgan fingerprint density at radius 3 is 3.08 bits per heavy atom. The largest absolute Gasteiger partial charge is 0.354 e. The Balaban J connectivity index is 2.32. The Bertz CT molecular complexity index is 207. The molecule has 0 aromatic rings. The first-order valence-corrected chi connectivity index (χ1v) is 4.25. The van der Waals surface area contributed by atoms with Gasteiger partial charge in [0.25, 0.3) is 0 Å². The first-order valence-electron chi connectivity index (χ1n) is 4.25. The Kier molecular flexibility index (Phi) is 3.12. The average molecular weight is 166 g/mol. The molecule has 0 bridgehead atoms. The Hall–Kier alpha value is -1.01. The van der Waals surface area contributed by atoms with Gasteiger partial charge in [0.1, 0.15) is 0 Å². The van der Waals surface area contributed by atoms with Gasteiger partial charge in [0.05, 0.1) is 6.04 Å². The number of terminal acetylenes is 1. The molecule has 12 heavy (non-hydrogen) atoms. The first kappa shape index (κ1) is 9.08. The minimum atomic E-state index is 0.0997. The van der Waals surface area contributed by atoms with Crippen molar-refractivity contribution in [2.75, 3.05) is 6.54 Å². The average Bonchev–Trinajstić information content (AvgIpc) is 2.47. The monoisotopic (exact) mass is 166 g/mol. The van der Waals surface area contributed by atoms with Gasteiger partial charge in [-0.25, -0.2) is 0 Å². The number of nitrogens with one attached hydrogen (secondary N) is 2. The van der Waals surface area contributed by atoms with Crippen LogP contribution in [-0.4, -0.2) is 24.5 Å². The summed E-state index contributed by atoms with van der Waals surface area (Å²) >= 11 is 0. The maximum Gasteiger partial charge on any atom is 0.221 e. The third-order valence-corrected chi connectivity index (χ3v) is 2.02. The smallest absolute Gasteiger partial charge is 0.221 e. The van der Waals surface area contributed by atoms with Gasteiger partial charge in [-0.3, -0.25) is 10.1 Å². The fourth-order valence-electron chi connectivity index (χ4n) is 1.29. The normalized spacial score (nSPS) is 24.7. The van der Waals surface area contributed by atoms with E-state index in [2.05, 4.69) is 16.6 Å². The van der Waals surface area contributed by atoms with Crippen molar-refractivity contribution in [1.82, 2.24) is 10.6 Å². The molecule has 3 nitrogen and oxygen atoms in total. The molecule has 1 fully saturated rings. The van der Waals surface area contributed by atoms with Crippen LogP contribution in [0.15, 0.2) is 0 Å². The van der Waals surface area contributed by atoms with Crippen molar-refractivity contribution < 1.29 is 4.79 Å². The zero-order chi connectivity index (χ0) is 8.97. The second kappa shape index (κ2) is 4.13. The SMILES string of the molecule is C#CC(CC)NC1CNC(=O)C1. The highest BCUT2D eigenvalue weighted by Crippen LogP contribution is 2.01. The molecule has 3 heteroatoms. The molecule has 0 saturated carbocycles. The van der Waals surface area contributed by atoms with Crippen molar-refractivity contribution in [3.8, 4) is 12.3 Å². The molecule has 0 radical (unpaired) electrons. The quantitative estimate of drug-likeness (QED) is 0.574. The second-order valence-electron chi connectivity index (χ2n) is 3.00. The summed E-state index contributed by atoms with van der Waals surface area (Å²) in [4.78, 5) is 10.8. The summed E-state index contributed by atoms with van der Waals surface area (Å²) in [6, 6.07) is 0.321. The van der Waals surface area contributed by atoms with Gasteiger partial charge in [-0.05, 0) is 6.42 Å². The van der Waals surface area contributed by atoms with Gasteiger partial charge in [0.2, 0.25) is 5.91 Å². The summed E-state index contributed by atoms with van der Waals surface area (Å²) in [5, 5.41) is 5.98. The van der Waals surface area contributed by atoms with E-state index in [1.54, 1.807) is 0 Å². The fraction of sp³-hybridized carbons (Fsp3) is 0.667. The molecule has 0 spiro atoms. The summed E-state index contributed by atoms with van der Waals surface area (Å²) in [6.45, 7) is 2.73. The van der Waals surface area contributed by atoms with Crippen LogP contribution in [0.3, 0.4) is 0 Å². The molecule has 0 aromatic carbocycles. The van der Waals surface area contributed by atoms with Gasteiger partial charge in [-0.1, -0.05) is 12.8 Å². The van der Waals surface area contributed by atoms with E-state index in [0.29, 0.717) is 13.0 Å². The highest BCUT2D eigenvalue weighted by molar-refractivity contribution is 5.78. The number of rotatable bonds is 3. The molecule has 2 unspecified atom stereocenters. The van der Waals surface area contributed by atoms with Crippen molar-refractivity contribution >= 4 is 5.91 Å². The zero-order valence-corrected chi connectivity index (χ0v) is 7.26. The van der Waals surface area contributed by atoms with Gasteiger partial charge in [-0.15, -0.1) is 6.42 Å². The van der Waals surface area contributed by atoms with E-state index < -0.39 is 0 Å². The third-order valence-electron chi connectivity index (χ3n) is 2.02. The highest BCUT2D eigenvalue weighted by Gasteiger charge is 2.22. The van der Waals surface area contributed by atoms with E-state index in [-0.39, 0.29) is 18.0 Å². The topological polar surface area (TPSA) is 41.1 Å². The lowest BCUT2D eigenvalue weighted by molar-refractivity contribution is -0.119. The summed E-state index contributed by atoms with van der Waals surface area (Å²) in [6.07, 6.45) is 6.74. The van der Waals surface area contributed by atoms with Crippen LogP contribution >= 0.6 is 0 Å². The number of carbonyl (C=O) groups is 1. The van der Waals surface area contributed by atoms with Crippen LogP contribution in [0.25, 0.3) is 0 Å². The molecular formula is C9H14N2O. The maximum absolute atomic E-state index is 10.8. The molecule has 1 rings (SSSR count). The van der Waals surface area contributed by atoms with E-state index in [4.69, 9.17) is 6.42 Å². The van der Waals surface area contributed by atoms with Crippen LogP contribution in [0.5, 0.6) is 0 Å². The van der Waals surface area contributed by atoms with E-state index >= 15 is 0 Å². The van der Waals surface area contributed by atoms with Crippen LogP contribution < -0.4 is 10.6 Å². The van der Waals surface area contributed by atoms with Gasteiger partial charge in [0.15, 0.2) is 0 Å². The van der Waals surface area contributed by atoms with Crippen LogP contribution in [0.2, 0.25) is 0 Å². The van der Waals surface area contributed by atoms with Gasteiger partial charge >= 0.3 is 0 Å². The molecule has 1 aliphatic rings. The predicted molar refractivity (Wildman–Crippen MR) is 47.5 cm³/mol. The van der Waals surface area contributed by atoms with Crippen LogP contribution in [0.1, 0.15) is 19.8 Å². The number of hydrogen-bond acceptors (Lipinski definition) is 2. The third kappa shape index (κ3) is 2.24. The van der Waals surface area contributed by atoms with Gasteiger partial charge < -0.3 is 5.32 Å². The first-order chi connectivity index (χ1) is 5.76. The molecule has 1 aliphatic heterocycles. The minimum Gasteiger partial charge on any atom is -0.354 e. The van der Waals surface area contributed by atoms with Gasteiger partial charge in [0, 0.05) is 19.0 Å². The summed E-state index contributed by atoms with van der Waals surface area (Å²) in [5.41, 5.74) is 0. The van der Waals surface area contributed by atoms with Crippen LogP contribution in [0, 0.1) is 12.3 Å². The van der Waals surface area contributed by atoms with Gasteiger partial charge in [-0.2, -0.15) is 0 Å². The molecule has 0 aliphatic carbocycles. The number of amides is 1. The Morgan fingerprint density at radius 1 is 1.92 bits per heavy atom. The van der Waals surface area contributed by atoms with E-state index in [1.165, 1.54) is 0 Å². The van der Waals surface area contributed by atoms with E-state index in [1.807, 2.05) is 6.92 Å². The van der Waals surface area contributed by atoms with Crippen molar-refractivity contribution in [3.05, 3.63) is 0 Å². The molecule has 2 N–H and O–H groups in total. The van der Waals surface area contributed by atoms with Crippen molar-refractivity contribution in [2.45, 2.75) is 31.8 Å².